The molecular formula is C16H18N2O2S. The fourth-order valence-corrected chi connectivity index (χ4v) is 2.62. The number of hydrogen-bond donors (Lipinski definition) is 2. The highest BCUT2D eigenvalue weighted by atomic mass is 32.2. The lowest BCUT2D eigenvalue weighted by Gasteiger charge is -2.11. The number of carbonyl (C=O) groups excluding carboxylic acids is 1. The van der Waals surface area contributed by atoms with Crippen molar-refractivity contribution in [1.82, 2.24) is 0 Å². The molecule has 0 atom stereocenters. The van der Waals surface area contributed by atoms with Crippen LogP contribution >= 0.6 is 11.8 Å². The van der Waals surface area contributed by atoms with Gasteiger partial charge in [0.05, 0.1) is 24.2 Å². The van der Waals surface area contributed by atoms with Gasteiger partial charge in [0, 0.05) is 4.90 Å². The number of benzene rings is 2. The summed E-state index contributed by atoms with van der Waals surface area (Å²) in [7, 11) is 1.62. The predicted molar refractivity (Wildman–Crippen MR) is 87.9 cm³/mol. The van der Waals surface area contributed by atoms with Crippen LogP contribution in [-0.2, 0) is 4.79 Å². The van der Waals surface area contributed by atoms with Crippen LogP contribution in [0.25, 0.3) is 0 Å². The average molecular weight is 302 g/mol. The number of nitrogens with one attached hydrogen (secondary N) is 1. The molecule has 0 heterocycles. The molecule has 0 bridgehead atoms. The highest BCUT2D eigenvalue weighted by molar-refractivity contribution is 8.00. The van der Waals surface area contributed by atoms with E-state index in [4.69, 9.17) is 10.5 Å². The van der Waals surface area contributed by atoms with Gasteiger partial charge < -0.3 is 15.8 Å². The van der Waals surface area contributed by atoms with Gasteiger partial charge in [0.15, 0.2) is 0 Å². The van der Waals surface area contributed by atoms with Crippen LogP contribution in [0, 0.1) is 6.92 Å². The average Bonchev–Trinajstić information content (AvgIpc) is 2.49. The number of thioether (sulfide) groups is 1. The highest BCUT2D eigenvalue weighted by Crippen LogP contribution is 2.25. The topological polar surface area (TPSA) is 64.3 Å². The number of nitrogens with two attached hydrogens (primary N) is 1. The molecule has 0 saturated heterocycles. The molecule has 0 spiro atoms. The number of carbonyl (C=O) groups is 1. The van der Waals surface area contributed by atoms with Gasteiger partial charge in [-0.15, -0.1) is 11.8 Å². The summed E-state index contributed by atoms with van der Waals surface area (Å²) < 4.78 is 5.16. The summed E-state index contributed by atoms with van der Waals surface area (Å²) in [6.07, 6.45) is 0. The number of rotatable bonds is 5. The Bertz CT molecular complexity index is 624. The standard InChI is InChI=1S/C16H18N2O2S/c1-11-5-3-8-14(17)16(11)18-15(19)10-21-13-7-4-6-12(9-13)20-2/h3-9H,10,17H2,1-2H3,(H,18,19). The number of methoxy groups -OCH3 is 1. The van der Waals surface area contributed by atoms with Crippen molar-refractivity contribution in [2.24, 2.45) is 0 Å². The quantitative estimate of drug-likeness (QED) is 0.657. The molecule has 0 unspecified atom stereocenters. The van der Waals surface area contributed by atoms with E-state index in [0.717, 1.165) is 16.2 Å². The van der Waals surface area contributed by atoms with Crippen LogP contribution < -0.4 is 15.8 Å². The Kier molecular flexibility index (Phi) is 5.11. The predicted octanol–water partition coefficient (Wildman–Crippen LogP) is 3.32. The molecule has 0 aliphatic heterocycles. The number of nitrogen functional groups attached to an aromatic ring is 1. The van der Waals surface area contributed by atoms with Crippen LogP contribution in [-0.4, -0.2) is 18.8 Å². The van der Waals surface area contributed by atoms with Gasteiger partial charge in [-0.2, -0.15) is 0 Å². The number of amides is 1. The molecule has 2 aromatic carbocycles. The van der Waals surface area contributed by atoms with E-state index < -0.39 is 0 Å². The van der Waals surface area contributed by atoms with E-state index in [1.807, 2.05) is 43.3 Å². The van der Waals surface area contributed by atoms with Crippen molar-refractivity contribution in [2.45, 2.75) is 11.8 Å². The van der Waals surface area contributed by atoms with E-state index in [0.29, 0.717) is 17.1 Å². The summed E-state index contributed by atoms with van der Waals surface area (Å²) >= 11 is 1.46. The van der Waals surface area contributed by atoms with Crippen molar-refractivity contribution < 1.29 is 9.53 Å². The number of hydrogen-bond acceptors (Lipinski definition) is 4. The molecule has 3 N–H and O–H groups in total. The van der Waals surface area contributed by atoms with Gasteiger partial charge in [-0.1, -0.05) is 18.2 Å². The van der Waals surface area contributed by atoms with E-state index in [1.165, 1.54) is 11.8 Å². The maximum Gasteiger partial charge on any atom is 0.234 e. The van der Waals surface area contributed by atoms with Crippen LogP contribution in [0.5, 0.6) is 5.75 Å². The number of para-hydroxylation sites is 1. The molecule has 0 fully saturated rings. The van der Waals surface area contributed by atoms with E-state index in [-0.39, 0.29) is 5.91 Å². The third-order valence-electron chi connectivity index (χ3n) is 2.98. The van der Waals surface area contributed by atoms with Crippen molar-refractivity contribution >= 4 is 29.0 Å². The molecule has 2 rings (SSSR count). The summed E-state index contributed by atoms with van der Waals surface area (Å²) in [5.41, 5.74) is 8.10. The molecule has 1 amide bonds. The van der Waals surface area contributed by atoms with Crippen molar-refractivity contribution in [3.05, 3.63) is 48.0 Å². The lowest BCUT2D eigenvalue weighted by Crippen LogP contribution is -2.16. The fourth-order valence-electron chi connectivity index (χ4n) is 1.88. The molecule has 21 heavy (non-hydrogen) atoms. The van der Waals surface area contributed by atoms with Gasteiger partial charge >= 0.3 is 0 Å². The minimum atomic E-state index is -0.0798. The van der Waals surface area contributed by atoms with Gasteiger partial charge in [-0.05, 0) is 36.8 Å². The monoisotopic (exact) mass is 302 g/mol. The van der Waals surface area contributed by atoms with Crippen molar-refractivity contribution in [1.29, 1.82) is 0 Å². The number of ether oxygens (including phenoxy) is 1. The fraction of sp³-hybridized carbons (Fsp3) is 0.188. The van der Waals surface area contributed by atoms with Crippen molar-refractivity contribution in [3.63, 3.8) is 0 Å². The second-order valence-electron chi connectivity index (χ2n) is 4.55. The zero-order valence-electron chi connectivity index (χ0n) is 12.1. The molecule has 0 aromatic heterocycles. The van der Waals surface area contributed by atoms with E-state index in [1.54, 1.807) is 13.2 Å². The summed E-state index contributed by atoms with van der Waals surface area (Å²) in [5.74, 6) is 1.02. The lowest BCUT2D eigenvalue weighted by molar-refractivity contribution is -0.113. The Labute approximate surface area is 128 Å². The Morgan fingerprint density at radius 2 is 2.05 bits per heavy atom. The van der Waals surface area contributed by atoms with Crippen LogP contribution in [0.4, 0.5) is 11.4 Å². The van der Waals surface area contributed by atoms with E-state index in [9.17, 15) is 4.79 Å². The first kappa shape index (κ1) is 15.3. The smallest absolute Gasteiger partial charge is 0.234 e. The number of aryl methyl sites for hydroxylation is 1. The molecule has 0 radical (unpaired) electrons. The maximum absolute atomic E-state index is 12.0. The van der Waals surface area contributed by atoms with E-state index in [2.05, 4.69) is 5.32 Å². The molecule has 0 saturated carbocycles. The zero-order chi connectivity index (χ0) is 15.2. The van der Waals surface area contributed by atoms with Crippen LogP contribution in [0.3, 0.4) is 0 Å². The van der Waals surface area contributed by atoms with Crippen LogP contribution in [0.2, 0.25) is 0 Å². The second-order valence-corrected chi connectivity index (χ2v) is 5.60. The highest BCUT2D eigenvalue weighted by Gasteiger charge is 2.08. The molecular weight excluding hydrogens is 284 g/mol. The van der Waals surface area contributed by atoms with Gasteiger partial charge in [-0.3, -0.25) is 4.79 Å². The minimum Gasteiger partial charge on any atom is -0.497 e. The zero-order valence-corrected chi connectivity index (χ0v) is 12.9. The summed E-state index contributed by atoms with van der Waals surface area (Å²) in [5, 5.41) is 2.86. The Hall–Kier alpha value is -2.14. The van der Waals surface area contributed by atoms with Gasteiger partial charge in [0.2, 0.25) is 5.91 Å². The second kappa shape index (κ2) is 7.04. The Morgan fingerprint density at radius 3 is 2.76 bits per heavy atom. The first-order valence-electron chi connectivity index (χ1n) is 6.52. The van der Waals surface area contributed by atoms with Gasteiger partial charge in [-0.25, -0.2) is 0 Å². The Morgan fingerprint density at radius 1 is 1.29 bits per heavy atom. The van der Waals surface area contributed by atoms with Crippen molar-refractivity contribution in [2.75, 3.05) is 23.9 Å². The normalized spacial score (nSPS) is 10.2. The Balaban J connectivity index is 1.96. The number of anilines is 2. The molecule has 4 nitrogen and oxygen atoms in total. The SMILES string of the molecule is COc1cccc(SCC(=O)Nc2c(C)cccc2N)c1. The third-order valence-corrected chi connectivity index (χ3v) is 3.97. The van der Waals surface area contributed by atoms with Crippen LogP contribution in [0.15, 0.2) is 47.4 Å². The minimum absolute atomic E-state index is 0.0798. The lowest BCUT2D eigenvalue weighted by atomic mass is 10.1. The van der Waals surface area contributed by atoms with Gasteiger partial charge in [0.1, 0.15) is 5.75 Å². The largest absolute Gasteiger partial charge is 0.497 e. The summed E-state index contributed by atoms with van der Waals surface area (Å²) in [4.78, 5) is 13.0. The molecule has 2 aromatic rings. The molecule has 0 aliphatic rings. The molecule has 0 aliphatic carbocycles. The summed E-state index contributed by atoms with van der Waals surface area (Å²) in [6.45, 7) is 1.92. The maximum atomic E-state index is 12.0. The van der Waals surface area contributed by atoms with Crippen LogP contribution in [0.1, 0.15) is 5.56 Å². The first-order chi connectivity index (χ1) is 10.1. The van der Waals surface area contributed by atoms with E-state index >= 15 is 0 Å². The molecule has 110 valence electrons. The van der Waals surface area contributed by atoms with Gasteiger partial charge in [0.25, 0.3) is 0 Å². The third kappa shape index (κ3) is 4.16. The summed E-state index contributed by atoms with van der Waals surface area (Å²) in [6, 6.07) is 13.2. The van der Waals surface area contributed by atoms with Crippen molar-refractivity contribution in [3.8, 4) is 5.75 Å². The first-order valence-corrected chi connectivity index (χ1v) is 7.50. The molecule has 5 heteroatoms.